The molecule has 2 atom stereocenters. The fourth-order valence-electron chi connectivity index (χ4n) is 2.04. The van der Waals surface area contributed by atoms with Crippen molar-refractivity contribution < 1.29 is 9.50 Å². The van der Waals surface area contributed by atoms with Crippen LogP contribution in [0.2, 0.25) is 0 Å². The molecule has 0 heterocycles. The van der Waals surface area contributed by atoms with Crippen LogP contribution in [0.25, 0.3) is 0 Å². The first-order valence-electron chi connectivity index (χ1n) is 4.89. The Morgan fingerprint density at radius 3 is 2.80 bits per heavy atom. The Kier molecular flexibility index (Phi) is 2.83. The topological polar surface area (TPSA) is 46.2 Å². The first-order valence-corrected chi connectivity index (χ1v) is 5.68. The summed E-state index contributed by atoms with van der Waals surface area (Å²) in [7, 11) is 0. The molecular weight excluding hydrogens is 261 g/mol. The summed E-state index contributed by atoms with van der Waals surface area (Å²) in [5.74, 6) is -0.00361. The molecule has 1 fully saturated rings. The lowest BCUT2D eigenvalue weighted by atomic mass is 10.0. The molecular formula is C11H13BrFNO. The van der Waals surface area contributed by atoms with Gasteiger partial charge in [0.15, 0.2) is 0 Å². The minimum Gasteiger partial charge on any atom is -0.396 e. The Balaban J connectivity index is 2.26. The highest BCUT2D eigenvalue weighted by atomic mass is 79.9. The van der Waals surface area contributed by atoms with Crippen LogP contribution in [0.5, 0.6) is 0 Å². The molecule has 2 nitrogen and oxygen atoms in total. The van der Waals surface area contributed by atoms with Crippen LogP contribution in [0.3, 0.4) is 0 Å². The largest absolute Gasteiger partial charge is 0.396 e. The Morgan fingerprint density at radius 1 is 1.60 bits per heavy atom. The fraction of sp³-hybridized carbons (Fsp3) is 0.455. The molecule has 1 aliphatic rings. The van der Waals surface area contributed by atoms with E-state index in [2.05, 4.69) is 15.9 Å². The lowest BCUT2D eigenvalue weighted by Gasteiger charge is -2.12. The van der Waals surface area contributed by atoms with E-state index < -0.39 is 0 Å². The van der Waals surface area contributed by atoms with Gasteiger partial charge in [-0.05, 0) is 30.0 Å². The van der Waals surface area contributed by atoms with Crippen molar-refractivity contribution in [1.82, 2.24) is 0 Å². The van der Waals surface area contributed by atoms with Gasteiger partial charge >= 0.3 is 0 Å². The van der Waals surface area contributed by atoms with Crippen LogP contribution in [0.4, 0.5) is 4.39 Å². The third-order valence-electron chi connectivity index (χ3n) is 3.25. The molecule has 0 bridgehead atoms. The normalized spacial score (nSPS) is 29.2. The number of nitrogens with two attached hydrogens (primary N) is 1. The molecule has 2 unspecified atom stereocenters. The van der Waals surface area contributed by atoms with Crippen LogP contribution in [-0.4, -0.2) is 18.3 Å². The lowest BCUT2D eigenvalue weighted by Crippen LogP contribution is -2.21. The summed E-state index contributed by atoms with van der Waals surface area (Å²) in [6.45, 7) is 0.565. The molecule has 82 valence electrons. The summed E-state index contributed by atoms with van der Waals surface area (Å²) < 4.78 is 13.6. The molecule has 1 saturated carbocycles. The first-order chi connectivity index (χ1) is 7.13. The molecule has 3 N–H and O–H groups in total. The average molecular weight is 274 g/mol. The van der Waals surface area contributed by atoms with E-state index in [0.29, 0.717) is 6.54 Å². The molecule has 0 radical (unpaired) electrons. The lowest BCUT2D eigenvalue weighted by molar-refractivity contribution is 0.211. The van der Waals surface area contributed by atoms with Crippen molar-refractivity contribution in [2.24, 2.45) is 11.1 Å². The zero-order valence-corrected chi connectivity index (χ0v) is 9.80. The molecule has 15 heavy (non-hydrogen) atoms. The van der Waals surface area contributed by atoms with E-state index in [1.165, 1.54) is 12.1 Å². The minimum absolute atomic E-state index is 0.0952. The molecule has 2 rings (SSSR count). The second-order valence-corrected chi connectivity index (χ2v) is 5.00. The summed E-state index contributed by atoms with van der Waals surface area (Å²) >= 11 is 3.34. The summed E-state index contributed by atoms with van der Waals surface area (Å²) in [6, 6.07) is 4.65. The van der Waals surface area contributed by atoms with Gasteiger partial charge in [0, 0.05) is 16.4 Å². The summed E-state index contributed by atoms with van der Waals surface area (Å²) in [6.07, 6.45) is 0.879. The Labute approximate surface area is 96.4 Å². The molecule has 0 saturated heterocycles. The fourth-order valence-corrected chi connectivity index (χ4v) is 2.66. The molecule has 1 aromatic rings. The monoisotopic (exact) mass is 273 g/mol. The number of hydrogen-bond donors (Lipinski definition) is 2. The number of aliphatic hydroxyl groups is 1. The quantitative estimate of drug-likeness (QED) is 0.885. The number of halogens is 2. The molecule has 1 aliphatic carbocycles. The number of aliphatic hydroxyl groups excluding tert-OH is 1. The van der Waals surface area contributed by atoms with E-state index >= 15 is 0 Å². The molecule has 0 aromatic heterocycles. The summed E-state index contributed by atoms with van der Waals surface area (Å²) in [5, 5.41) is 9.26. The maximum absolute atomic E-state index is 12.9. The van der Waals surface area contributed by atoms with Gasteiger partial charge in [-0.2, -0.15) is 0 Å². The highest BCUT2D eigenvalue weighted by Crippen LogP contribution is 2.59. The van der Waals surface area contributed by atoms with Crippen LogP contribution in [0, 0.1) is 11.2 Å². The van der Waals surface area contributed by atoms with Crippen molar-refractivity contribution >= 4 is 15.9 Å². The molecule has 0 amide bonds. The zero-order valence-electron chi connectivity index (χ0n) is 8.21. The van der Waals surface area contributed by atoms with Gasteiger partial charge in [-0.25, -0.2) is 4.39 Å². The van der Waals surface area contributed by atoms with E-state index in [1.54, 1.807) is 6.07 Å². The molecule has 1 aromatic carbocycles. The van der Waals surface area contributed by atoms with Gasteiger partial charge in [0.2, 0.25) is 0 Å². The smallest absolute Gasteiger partial charge is 0.124 e. The van der Waals surface area contributed by atoms with Gasteiger partial charge in [0.1, 0.15) is 5.82 Å². The summed E-state index contributed by atoms with van der Waals surface area (Å²) in [4.78, 5) is 0. The Bertz CT molecular complexity index is 379. The second kappa shape index (κ2) is 3.85. The van der Waals surface area contributed by atoms with Gasteiger partial charge < -0.3 is 10.8 Å². The predicted molar refractivity (Wildman–Crippen MR) is 60.0 cm³/mol. The third kappa shape index (κ3) is 1.82. The number of rotatable bonds is 3. The van der Waals surface area contributed by atoms with Gasteiger partial charge in [0.05, 0.1) is 6.61 Å². The van der Waals surface area contributed by atoms with Crippen molar-refractivity contribution in [2.75, 3.05) is 13.2 Å². The van der Waals surface area contributed by atoms with Crippen LogP contribution in [-0.2, 0) is 0 Å². The van der Waals surface area contributed by atoms with Crippen LogP contribution < -0.4 is 5.73 Å². The van der Waals surface area contributed by atoms with Crippen molar-refractivity contribution in [3.05, 3.63) is 34.1 Å². The first kappa shape index (κ1) is 11.0. The van der Waals surface area contributed by atoms with Crippen LogP contribution in [0.1, 0.15) is 17.9 Å². The van der Waals surface area contributed by atoms with Crippen LogP contribution in [0.15, 0.2) is 22.7 Å². The Morgan fingerprint density at radius 2 is 2.33 bits per heavy atom. The molecule has 0 aliphatic heterocycles. The maximum Gasteiger partial charge on any atom is 0.124 e. The van der Waals surface area contributed by atoms with Crippen molar-refractivity contribution in [2.45, 2.75) is 12.3 Å². The average Bonchev–Trinajstić information content (AvgIpc) is 2.93. The highest BCUT2D eigenvalue weighted by molar-refractivity contribution is 9.10. The van der Waals surface area contributed by atoms with Crippen LogP contribution >= 0.6 is 15.9 Å². The van der Waals surface area contributed by atoms with E-state index in [-0.39, 0.29) is 23.8 Å². The van der Waals surface area contributed by atoms with E-state index in [4.69, 9.17) is 5.73 Å². The van der Waals surface area contributed by atoms with Gasteiger partial charge in [-0.3, -0.25) is 0 Å². The second-order valence-electron chi connectivity index (χ2n) is 4.15. The molecule has 4 heteroatoms. The standard InChI is InChI=1S/C11H13BrFNO/c12-10-3-7(13)1-2-8(10)9-4-11(9,5-14)6-15/h1-3,9,15H,4-6,14H2. The SMILES string of the molecule is NCC1(CO)CC1c1ccc(F)cc1Br. The molecule has 0 spiro atoms. The highest BCUT2D eigenvalue weighted by Gasteiger charge is 2.53. The van der Waals surface area contributed by atoms with Gasteiger partial charge in [0.25, 0.3) is 0 Å². The van der Waals surface area contributed by atoms with E-state index in [1.807, 2.05) is 0 Å². The van der Waals surface area contributed by atoms with Crippen molar-refractivity contribution in [3.8, 4) is 0 Å². The Hall–Kier alpha value is -0.450. The third-order valence-corrected chi connectivity index (χ3v) is 3.94. The zero-order chi connectivity index (χ0) is 11.1. The maximum atomic E-state index is 12.9. The van der Waals surface area contributed by atoms with E-state index in [9.17, 15) is 9.50 Å². The van der Waals surface area contributed by atoms with Gasteiger partial charge in [-0.15, -0.1) is 0 Å². The van der Waals surface area contributed by atoms with Crippen molar-refractivity contribution in [3.63, 3.8) is 0 Å². The number of benzene rings is 1. The minimum atomic E-state index is -0.256. The predicted octanol–water partition coefficient (Wildman–Crippen LogP) is 2.01. The van der Waals surface area contributed by atoms with Gasteiger partial charge in [-0.1, -0.05) is 22.0 Å². The van der Waals surface area contributed by atoms with Crippen molar-refractivity contribution in [1.29, 1.82) is 0 Å². The number of hydrogen-bond acceptors (Lipinski definition) is 2. The van der Waals surface area contributed by atoms with E-state index in [0.717, 1.165) is 16.5 Å². The summed E-state index contributed by atoms with van der Waals surface area (Å²) in [5.41, 5.74) is 6.50.